The van der Waals surface area contributed by atoms with Crippen LogP contribution in [-0.4, -0.2) is 37.9 Å². The number of nitrogens with one attached hydrogen (secondary N) is 1. The second-order valence-electron chi connectivity index (χ2n) is 5.62. The fourth-order valence-electron chi connectivity index (χ4n) is 2.22. The van der Waals surface area contributed by atoms with Crippen molar-refractivity contribution in [3.8, 4) is 0 Å². The maximum Gasteiger partial charge on any atom is 0.241 e. The van der Waals surface area contributed by atoms with Crippen molar-refractivity contribution in [3.05, 3.63) is 35.4 Å². The molecule has 0 radical (unpaired) electrons. The fourth-order valence-corrected chi connectivity index (χ4v) is 2.22. The lowest BCUT2D eigenvalue weighted by Gasteiger charge is -2.19. The van der Waals surface area contributed by atoms with Crippen molar-refractivity contribution < 1.29 is 14.3 Å². The van der Waals surface area contributed by atoms with E-state index >= 15 is 0 Å². The molecule has 0 spiro atoms. The van der Waals surface area contributed by atoms with Crippen LogP contribution in [0, 0.1) is 6.92 Å². The van der Waals surface area contributed by atoms with Crippen LogP contribution in [0.3, 0.4) is 0 Å². The summed E-state index contributed by atoms with van der Waals surface area (Å²) in [5.41, 5.74) is 7.94. The highest BCUT2D eigenvalue weighted by Crippen LogP contribution is 2.12. The minimum atomic E-state index is -0.650. The number of aryl methyl sites for hydroxylation is 1. The predicted molar refractivity (Wildman–Crippen MR) is 88.1 cm³/mol. The number of halogens is 1. The number of hydrogen-bond acceptors (Lipinski definition) is 4. The van der Waals surface area contributed by atoms with Crippen molar-refractivity contribution in [2.45, 2.75) is 38.5 Å². The maximum absolute atomic E-state index is 12.1. The standard InChI is InChI=1S/C16H24N2O3.ClH/c1-11-3-5-13(6-4-11)15(17)16(19)18-12(2)9-21-14-7-8-20-10-14;/h3-6,12,14-15H,7-10,17H2,1-2H3,(H,18,19);1H. The number of benzene rings is 1. The van der Waals surface area contributed by atoms with Crippen LogP contribution in [0.4, 0.5) is 0 Å². The molecular formula is C16H25ClN2O3. The lowest BCUT2D eigenvalue weighted by molar-refractivity contribution is -0.123. The van der Waals surface area contributed by atoms with Crippen LogP contribution in [0.25, 0.3) is 0 Å². The summed E-state index contributed by atoms with van der Waals surface area (Å²) < 4.78 is 10.9. The maximum atomic E-state index is 12.1. The Morgan fingerprint density at radius 1 is 1.45 bits per heavy atom. The summed E-state index contributed by atoms with van der Waals surface area (Å²) in [4.78, 5) is 12.1. The van der Waals surface area contributed by atoms with Crippen LogP contribution in [0.2, 0.25) is 0 Å². The molecule has 22 heavy (non-hydrogen) atoms. The van der Waals surface area contributed by atoms with Gasteiger partial charge in [0.1, 0.15) is 6.04 Å². The van der Waals surface area contributed by atoms with Crippen LogP contribution in [-0.2, 0) is 14.3 Å². The lowest BCUT2D eigenvalue weighted by Crippen LogP contribution is -2.42. The molecule has 1 fully saturated rings. The van der Waals surface area contributed by atoms with Crippen molar-refractivity contribution >= 4 is 18.3 Å². The van der Waals surface area contributed by atoms with Crippen LogP contribution >= 0.6 is 12.4 Å². The molecule has 5 nitrogen and oxygen atoms in total. The molecule has 1 aliphatic heterocycles. The smallest absolute Gasteiger partial charge is 0.241 e. The zero-order chi connectivity index (χ0) is 15.2. The van der Waals surface area contributed by atoms with E-state index in [2.05, 4.69) is 5.32 Å². The van der Waals surface area contributed by atoms with Crippen LogP contribution in [0.1, 0.15) is 30.5 Å². The monoisotopic (exact) mass is 328 g/mol. The molecule has 124 valence electrons. The minimum absolute atomic E-state index is 0. The van der Waals surface area contributed by atoms with Crippen LogP contribution < -0.4 is 11.1 Å². The van der Waals surface area contributed by atoms with Crippen molar-refractivity contribution in [2.24, 2.45) is 5.73 Å². The number of amides is 1. The predicted octanol–water partition coefficient (Wildman–Crippen LogP) is 1.73. The van der Waals surface area contributed by atoms with E-state index in [-0.39, 0.29) is 30.5 Å². The van der Waals surface area contributed by atoms with Gasteiger partial charge in [0.05, 0.1) is 19.3 Å². The fraction of sp³-hybridized carbons (Fsp3) is 0.562. The summed E-state index contributed by atoms with van der Waals surface area (Å²) in [5.74, 6) is -0.183. The van der Waals surface area contributed by atoms with Crippen molar-refractivity contribution in [1.82, 2.24) is 5.32 Å². The van der Waals surface area contributed by atoms with Gasteiger partial charge in [0.2, 0.25) is 5.91 Å². The number of carbonyl (C=O) groups is 1. The highest BCUT2D eigenvalue weighted by atomic mass is 35.5. The third-order valence-corrected chi connectivity index (χ3v) is 3.58. The molecule has 1 aromatic rings. The van der Waals surface area contributed by atoms with Gasteiger partial charge in [-0.3, -0.25) is 4.79 Å². The molecule has 1 heterocycles. The molecule has 6 heteroatoms. The molecule has 0 aliphatic carbocycles. The Bertz CT molecular complexity index is 461. The van der Waals surface area contributed by atoms with Gasteiger partial charge in [-0.15, -0.1) is 12.4 Å². The van der Waals surface area contributed by atoms with Gasteiger partial charge in [0, 0.05) is 12.6 Å². The first kappa shape index (κ1) is 18.9. The third-order valence-electron chi connectivity index (χ3n) is 3.58. The Labute approximate surface area is 138 Å². The minimum Gasteiger partial charge on any atom is -0.379 e. The van der Waals surface area contributed by atoms with Crippen LogP contribution in [0.15, 0.2) is 24.3 Å². The first-order chi connectivity index (χ1) is 10.1. The van der Waals surface area contributed by atoms with Crippen LogP contribution in [0.5, 0.6) is 0 Å². The van der Waals surface area contributed by atoms with E-state index in [4.69, 9.17) is 15.2 Å². The quantitative estimate of drug-likeness (QED) is 0.834. The molecule has 1 aliphatic rings. The number of nitrogens with two attached hydrogens (primary N) is 1. The average Bonchev–Trinajstić information content (AvgIpc) is 2.98. The summed E-state index contributed by atoms with van der Waals surface area (Å²) in [6.07, 6.45) is 1.07. The summed E-state index contributed by atoms with van der Waals surface area (Å²) in [6, 6.07) is 6.95. The van der Waals surface area contributed by atoms with E-state index in [0.717, 1.165) is 24.2 Å². The first-order valence-corrected chi connectivity index (χ1v) is 7.38. The Balaban J connectivity index is 0.00000242. The first-order valence-electron chi connectivity index (χ1n) is 7.38. The second kappa shape index (κ2) is 9.10. The number of carbonyl (C=O) groups excluding carboxylic acids is 1. The Morgan fingerprint density at radius 3 is 2.73 bits per heavy atom. The number of rotatable bonds is 6. The molecule has 1 saturated heterocycles. The van der Waals surface area contributed by atoms with E-state index in [1.807, 2.05) is 38.1 Å². The van der Waals surface area contributed by atoms with Gasteiger partial charge in [0.15, 0.2) is 0 Å². The zero-order valence-electron chi connectivity index (χ0n) is 13.1. The Kier molecular flexibility index (Phi) is 7.82. The van der Waals surface area contributed by atoms with Gasteiger partial charge in [-0.2, -0.15) is 0 Å². The molecule has 0 bridgehead atoms. The Hall–Kier alpha value is -1.14. The molecule has 3 atom stereocenters. The van der Waals surface area contributed by atoms with Gasteiger partial charge in [-0.05, 0) is 25.8 Å². The second-order valence-corrected chi connectivity index (χ2v) is 5.62. The van der Waals surface area contributed by atoms with Crippen molar-refractivity contribution in [2.75, 3.05) is 19.8 Å². The topological polar surface area (TPSA) is 73.6 Å². The molecule has 2 rings (SSSR count). The van der Waals surface area contributed by atoms with Gasteiger partial charge in [-0.25, -0.2) is 0 Å². The largest absolute Gasteiger partial charge is 0.379 e. The molecule has 1 amide bonds. The third kappa shape index (κ3) is 5.57. The molecular weight excluding hydrogens is 304 g/mol. The van der Waals surface area contributed by atoms with Gasteiger partial charge < -0.3 is 20.5 Å². The summed E-state index contributed by atoms with van der Waals surface area (Å²) in [6.45, 7) is 5.78. The Morgan fingerprint density at radius 2 is 2.14 bits per heavy atom. The van der Waals surface area contributed by atoms with E-state index < -0.39 is 6.04 Å². The van der Waals surface area contributed by atoms with Gasteiger partial charge in [0.25, 0.3) is 0 Å². The van der Waals surface area contributed by atoms with E-state index in [1.54, 1.807) is 0 Å². The van der Waals surface area contributed by atoms with E-state index in [9.17, 15) is 4.79 Å². The summed E-state index contributed by atoms with van der Waals surface area (Å²) >= 11 is 0. The molecule has 3 unspecified atom stereocenters. The van der Waals surface area contributed by atoms with Gasteiger partial charge >= 0.3 is 0 Å². The average molecular weight is 329 g/mol. The van der Waals surface area contributed by atoms with E-state index in [0.29, 0.717) is 13.2 Å². The highest BCUT2D eigenvalue weighted by molar-refractivity contribution is 5.85. The molecule has 1 aromatic carbocycles. The normalized spacial score (nSPS) is 20.0. The van der Waals surface area contributed by atoms with Gasteiger partial charge in [-0.1, -0.05) is 29.8 Å². The molecule has 0 aromatic heterocycles. The molecule has 3 N–H and O–H groups in total. The number of ether oxygens (including phenoxy) is 2. The van der Waals surface area contributed by atoms with Crippen molar-refractivity contribution in [1.29, 1.82) is 0 Å². The summed E-state index contributed by atoms with van der Waals surface area (Å²) in [5, 5.41) is 2.89. The lowest BCUT2D eigenvalue weighted by atomic mass is 10.1. The highest BCUT2D eigenvalue weighted by Gasteiger charge is 2.20. The summed E-state index contributed by atoms with van der Waals surface area (Å²) in [7, 11) is 0. The molecule has 0 saturated carbocycles. The number of hydrogen-bond donors (Lipinski definition) is 2. The van der Waals surface area contributed by atoms with Crippen molar-refractivity contribution in [3.63, 3.8) is 0 Å². The zero-order valence-corrected chi connectivity index (χ0v) is 13.9. The SMILES string of the molecule is Cc1ccc(C(N)C(=O)NC(C)COC2CCOC2)cc1.Cl. The van der Waals surface area contributed by atoms with E-state index in [1.165, 1.54) is 0 Å².